The number of carbonyl (C=O) groups is 1. The van der Waals surface area contributed by atoms with E-state index in [1.165, 1.54) is 0 Å². The topological polar surface area (TPSA) is 53.9 Å². The molecule has 0 atom stereocenters. The number of hydrogen-bond acceptors (Lipinski definition) is 5. The molecule has 5 nitrogen and oxygen atoms in total. The second-order valence-electron chi connectivity index (χ2n) is 5.64. The lowest BCUT2D eigenvalue weighted by molar-refractivity contribution is -0.0220. The number of piperidine rings is 1. The van der Waals surface area contributed by atoms with Crippen molar-refractivity contribution in [3.8, 4) is 0 Å². The van der Waals surface area contributed by atoms with Gasteiger partial charge in [-0.15, -0.1) is 0 Å². The first kappa shape index (κ1) is 18.2. The van der Waals surface area contributed by atoms with E-state index in [1.807, 2.05) is 6.92 Å². The van der Waals surface area contributed by atoms with Crippen molar-refractivity contribution >= 4 is 29.7 Å². The molecule has 24 heavy (non-hydrogen) atoms. The zero-order chi connectivity index (χ0) is 17.7. The predicted octanol–water partition coefficient (Wildman–Crippen LogP) is 3.86. The van der Waals surface area contributed by atoms with Crippen LogP contribution >= 0.6 is 0 Å². The number of esters is 1. The van der Waals surface area contributed by atoms with Crippen LogP contribution in [0, 0.1) is 0 Å². The Labute approximate surface area is 140 Å². The highest BCUT2D eigenvalue weighted by atomic mass is 19.3. The van der Waals surface area contributed by atoms with Gasteiger partial charge in [-0.1, -0.05) is 0 Å². The summed E-state index contributed by atoms with van der Waals surface area (Å²) < 4.78 is 32.0. The van der Waals surface area contributed by atoms with Crippen LogP contribution in [0.2, 0.25) is 0 Å². The van der Waals surface area contributed by atoms with Crippen molar-refractivity contribution in [2.45, 2.75) is 32.6 Å². The number of rotatable bonds is 6. The molecule has 0 amide bonds. The van der Waals surface area contributed by atoms with Crippen LogP contribution in [0.25, 0.3) is 0 Å². The van der Waals surface area contributed by atoms with Crippen molar-refractivity contribution in [2.75, 3.05) is 36.5 Å². The molecule has 1 aliphatic rings. The molecule has 0 saturated carbocycles. The monoisotopic (exact) mass is 339 g/mol. The number of carbonyl (C=O) groups excluding carboxylic acids is 1. The maximum atomic E-state index is 13.4. The molecule has 7 heteroatoms. The van der Waals surface area contributed by atoms with Crippen LogP contribution in [0.15, 0.2) is 17.1 Å². The van der Waals surface area contributed by atoms with E-state index < -0.39 is 11.9 Å². The van der Waals surface area contributed by atoms with Crippen LogP contribution in [-0.2, 0) is 4.74 Å². The van der Waals surface area contributed by atoms with Crippen molar-refractivity contribution in [3.63, 3.8) is 0 Å². The van der Waals surface area contributed by atoms with Crippen molar-refractivity contribution in [1.29, 1.82) is 0 Å². The summed E-state index contributed by atoms with van der Waals surface area (Å²) in [4.78, 5) is 18.0. The average molecular weight is 339 g/mol. The van der Waals surface area contributed by atoms with E-state index in [1.54, 1.807) is 24.0 Å². The first-order chi connectivity index (χ1) is 11.4. The molecule has 0 unspecified atom stereocenters. The van der Waals surface area contributed by atoms with Gasteiger partial charge in [0.15, 0.2) is 0 Å². The number of alkyl halides is 2. The molecule has 0 radical (unpaired) electrons. The van der Waals surface area contributed by atoms with E-state index in [9.17, 15) is 13.6 Å². The number of halogens is 2. The lowest BCUT2D eigenvalue weighted by Gasteiger charge is -2.34. The molecule has 2 rings (SSSR count). The molecule has 1 aromatic carbocycles. The number of benzene rings is 1. The lowest BCUT2D eigenvalue weighted by Crippen LogP contribution is -2.40. The summed E-state index contributed by atoms with van der Waals surface area (Å²) in [7, 11) is 0. The van der Waals surface area contributed by atoms with Crippen molar-refractivity contribution in [3.05, 3.63) is 17.7 Å². The quantitative estimate of drug-likeness (QED) is 0.631. The second-order valence-corrected chi connectivity index (χ2v) is 5.64. The number of nitrogens with zero attached hydrogens (tertiary/aromatic N) is 2. The third-order valence-corrected chi connectivity index (χ3v) is 3.98. The van der Waals surface area contributed by atoms with Gasteiger partial charge in [-0.05, 0) is 32.7 Å². The zero-order valence-corrected chi connectivity index (χ0v) is 14.1. The summed E-state index contributed by atoms with van der Waals surface area (Å²) in [6.45, 7) is 8.46. The van der Waals surface area contributed by atoms with Crippen LogP contribution in [0.3, 0.4) is 0 Å². The normalized spacial score (nSPS) is 16.6. The molecule has 132 valence electrons. The molecule has 1 N–H and O–H groups in total. The molecular formula is C17H23F2N3O2. The summed E-state index contributed by atoms with van der Waals surface area (Å²) >= 11 is 0. The Morgan fingerprint density at radius 2 is 2.04 bits per heavy atom. The molecule has 0 bridgehead atoms. The third kappa shape index (κ3) is 4.01. The van der Waals surface area contributed by atoms with Crippen LogP contribution in [0.4, 0.5) is 25.8 Å². The minimum atomic E-state index is -2.65. The van der Waals surface area contributed by atoms with Gasteiger partial charge in [0.25, 0.3) is 5.92 Å². The Bertz CT molecular complexity index is 610. The third-order valence-electron chi connectivity index (χ3n) is 3.98. The van der Waals surface area contributed by atoms with Crippen molar-refractivity contribution in [1.82, 2.24) is 0 Å². The van der Waals surface area contributed by atoms with Gasteiger partial charge in [0, 0.05) is 32.5 Å². The van der Waals surface area contributed by atoms with E-state index in [-0.39, 0.29) is 32.5 Å². The number of aliphatic imine (C=N–C) groups is 1. The van der Waals surface area contributed by atoms with E-state index in [0.717, 1.165) is 0 Å². The summed E-state index contributed by atoms with van der Waals surface area (Å²) in [6, 6.07) is 3.37. The van der Waals surface area contributed by atoms with Gasteiger partial charge >= 0.3 is 5.97 Å². The minimum Gasteiger partial charge on any atom is -0.462 e. The molecule has 0 aliphatic carbocycles. The van der Waals surface area contributed by atoms with Crippen LogP contribution < -0.4 is 10.2 Å². The Morgan fingerprint density at radius 1 is 1.38 bits per heavy atom. The van der Waals surface area contributed by atoms with Crippen LogP contribution in [0.1, 0.15) is 37.0 Å². The van der Waals surface area contributed by atoms with Gasteiger partial charge in [0.2, 0.25) is 0 Å². The number of hydrogen-bond donors (Lipinski definition) is 1. The fourth-order valence-electron chi connectivity index (χ4n) is 2.75. The van der Waals surface area contributed by atoms with E-state index in [2.05, 4.69) is 17.0 Å². The van der Waals surface area contributed by atoms with Gasteiger partial charge in [-0.3, -0.25) is 4.99 Å². The van der Waals surface area contributed by atoms with Gasteiger partial charge < -0.3 is 15.0 Å². The molecule has 1 heterocycles. The van der Waals surface area contributed by atoms with E-state index >= 15 is 0 Å². The minimum absolute atomic E-state index is 0.186. The zero-order valence-electron chi connectivity index (χ0n) is 14.1. The highest BCUT2D eigenvalue weighted by Crippen LogP contribution is 2.37. The van der Waals surface area contributed by atoms with Gasteiger partial charge in [-0.2, -0.15) is 0 Å². The molecule has 1 aromatic rings. The maximum absolute atomic E-state index is 13.4. The highest BCUT2D eigenvalue weighted by molar-refractivity contribution is 5.99. The molecular weight excluding hydrogens is 316 g/mol. The fourth-order valence-corrected chi connectivity index (χ4v) is 2.75. The number of anilines is 2. The summed E-state index contributed by atoms with van der Waals surface area (Å²) in [5, 5.41) is 3.16. The first-order valence-corrected chi connectivity index (χ1v) is 8.10. The van der Waals surface area contributed by atoms with E-state index in [4.69, 9.17) is 4.74 Å². The van der Waals surface area contributed by atoms with Gasteiger partial charge in [-0.25, -0.2) is 13.6 Å². The van der Waals surface area contributed by atoms with Crippen LogP contribution in [0.5, 0.6) is 0 Å². The SMILES string of the molecule is C=Nc1cc(C(=O)OCC)c(N2CCC(F)(F)CC2)cc1NCC. The Balaban J connectivity index is 2.44. The average Bonchev–Trinajstić information content (AvgIpc) is 2.55. The smallest absolute Gasteiger partial charge is 0.340 e. The fraction of sp³-hybridized carbons (Fsp3) is 0.529. The van der Waals surface area contributed by atoms with Crippen molar-refractivity contribution in [2.24, 2.45) is 4.99 Å². The second kappa shape index (κ2) is 7.59. The van der Waals surface area contributed by atoms with Gasteiger partial charge in [0.05, 0.1) is 29.2 Å². The first-order valence-electron chi connectivity index (χ1n) is 8.10. The highest BCUT2D eigenvalue weighted by Gasteiger charge is 2.35. The number of nitrogens with one attached hydrogen (secondary N) is 1. The lowest BCUT2D eigenvalue weighted by atomic mass is 10.0. The van der Waals surface area contributed by atoms with E-state index in [0.29, 0.717) is 29.2 Å². The molecule has 0 aromatic heterocycles. The van der Waals surface area contributed by atoms with Gasteiger partial charge in [0.1, 0.15) is 0 Å². The molecule has 1 aliphatic heterocycles. The van der Waals surface area contributed by atoms with Crippen molar-refractivity contribution < 1.29 is 18.3 Å². The maximum Gasteiger partial charge on any atom is 0.340 e. The summed E-state index contributed by atoms with van der Waals surface area (Å²) in [5.41, 5.74) is 2.16. The summed E-state index contributed by atoms with van der Waals surface area (Å²) in [5.74, 6) is -3.13. The summed E-state index contributed by atoms with van der Waals surface area (Å²) in [6.07, 6.45) is -0.458. The largest absolute Gasteiger partial charge is 0.462 e. The molecule has 0 spiro atoms. The number of ether oxygens (including phenoxy) is 1. The molecule has 1 saturated heterocycles. The Kier molecular flexibility index (Phi) is 5.75. The standard InChI is InChI=1S/C17H23F2N3O2/c1-4-21-14-11-15(22-8-6-17(18,19)7-9-22)12(10-13(14)20-3)16(23)24-5-2/h10-11,21H,3-9H2,1-2H3. The Hall–Kier alpha value is -2.18. The predicted molar refractivity (Wildman–Crippen MR) is 92.2 cm³/mol. The Morgan fingerprint density at radius 3 is 2.58 bits per heavy atom. The molecule has 1 fully saturated rings. The van der Waals surface area contributed by atoms with Crippen LogP contribution in [-0.4, -0.2) is 44.9 Å².